The van der Waals surface area contributed by atoms with E-state index < -0.39 is 17.9 Å². The van der Waals surface area contributed by atoms with E-state index in [4.69, 9.17) is 25.8 Å². The number of benzene rings is 2. The molecule has 7 nitrogen and oxygen atoms in total. The molecule has 2 aromatic rings. The minimum atomic E-state index is -0.655. The zero-order valence-corrected chi connectivity index (χ0v) is 20.7. The first kappa shape index (κ1) is 24.5. The molecule has 4 rings (SSSR count). The molecule has 35 heavy (non-hydrogen) atoms. The highest BCUT2D eigenvalue weighted by atomic mass is 35.5. The van der Waals surface area contributed by atoms with Crippen LogP contribution in [0.4, 0.5) is 0 Å². The van der Waals surface area contributed by atoms with Gasteiger partial charge >= 0.3 is 11.9 Å². The monoisotopic (exact) mass is 495 g/mol. The van der Waals surface area contributed by atoms with Crippen LogP contribution in [0.5, 0.6) is 11.5 Å². The fourth-order valence-corrected chi connectivity index (χ4v) is 4.95. The Labute approximate surface area is 208 Å². The van der Waals surface area contributed by atoms with Crippen molar-refractivity contribution in [2.24, 2.45) is 0 Å². The molecule has 0 radical (unpaired) electrons. The van der Waals surface area contributed by atoms with Crippen LogP contribution in [0.2, 0.25) is 5.02 Å². The van der Waals surface area contributed by atoms with Gasteiger partial charge < -0.3 is 19.5 Å². The van der Waals surface area contributed by atoms with Crippen molar-refractivity contribution in [1.29, 1.82) is 0 Å². The van der Waals surface area contributed by atoms with E-state index in [1.807, 2.05) is 24.3 Å². The topological polar surface area (TPSA) is 90.9 Å². The molecule has 182 valence electrons. The Morgan fingerprint density at radius 2 is 1.69 bits per heavy atom. The molecule has 0 saturated heterocycles. The number of nitrogens with one attached hydrogen (secondary N) is 1. The van der Waals surface area contributed by atoms with E-state index in [1.54, 1.807) is 25.1 Å². The fourth-order valence-electron chi connectivity index (χ4n) is 4.83. The molecule has 1 heterocycles. The van der Waals surface area contributed by atoms with E-state index in [0.29, 0.717) is 46.0 Å². The number of methoxy groups -OCH3 is 2. The fraction of sp³-hybridized carbons (Fsp3) is 0.296. The maximum absolute atomic E-state index is 13.6. The van der Waals surface area contributed by atoms with Crippen molar-refractivity contribution >= 4 is 29.3 Å². The van der Waals surface area contributed by atoms with Crippen LogP contribution in [0.1, 0.15) is 49.7 Å². The first-order valence-corrected chi connectivity index (χ1v) is 11.6. The number of rotatable bonds is 5. The number of allylic oxidation sites excluding steroid dienone is 3. The van der Waals surface area contributed by atoms with E-state index in [0.717, 1.165) is 11.3 Å². The second-order valence-corrected chi connectivity index (χ2v) is 9.00. The molecule has 1 aliphatic carbocycles. The molecule has 0 bridgehead atoms. The number of carbonyl (C=O) groups excluding carboxylic acids is 3. The summed E-state index contributed by atoms with van der Waals surface area (Å²) in [4.78, 5) is 37.9. The first-order valence-electron chi connectivity index (χ1n) is 11.2. The van der Waals surface area contributed by atoms with Gasteiger partial charge in [-0.05, 0) is 54.7 Å². The van der Waals surface area contributed by atoms with Gasteiger partial charge in [0.2, 0.25) is 0 Å². The lowest BCUT2D eigenvalue weighted by atomic mass is 9.71. The van der Waals surface area contributed by atoms with Gasteiger partial charge in [-0.3, -0.25) is 9.59 Å². The molecule has 2 aliphatic rings. The van der Waals surface area contributed by atoms with E-state index in [-0.39, 0.29) is 17.5 Å². The number of ether oxygens (including phenoxy) is 3. The van der Waals surface area contributed by atoms with Crippen molar-refractivity contribution in [3.63, 3.8) is 0 Å². The number of hydrogen-bond acceptors (Lipinski definition) is 7. The Hall–Kier alpha value is -3.58. The van der Waals surface area contributed by atoms with Crippen molar-refractivity contribution in [3.05, 3.63) is 81.2 Å². The molecule has 0 unspecified atom stereocenters. The Morgan fingerprint density at radius 1 is 1.00 bits per heavy atom. The highest BCUT2D eigenvalue weighted by Crippen LogP contribution is 2.47. The lowest BCUT2D eigenvalue weighted by Crippen LogP contribution is -2.36. The molecule has 0 aromatic heterocycles. The van der Waals surface area contributed by atoms with Crippen molar-refractivity contribution in [1.82, 2.24) is 5.32 Å². The van der Waals surface area contributed by atoms with Gasteiger partial charge in [-0.2, -0.15) is 0 Å². The zero-order valence-electron chi connectivity index (χ0n) is 19.9. The number of carbonyl (C=O) groups is 3. The number of ketones is 1. The van der Waals surface area contributed by atoms with Crippen LogP contribution in [0, 0.1) is 0 Å². The molecule has 1 N–H and O–H groups in total. The van der Waals surface area contributed by atoms with Crippen LogP contribution >= 0.6 is 11.6 Å². The average molecular weight is 496 g/mol. The average Bonchev–Trinajstić information content (AvgIpc) is 2.83. The maximum Gasteiger partial charge on any atom is 0.336 e. The summed E-state index contributed by atoms with van der Waals surface area (Å²) in [6.07, 6.45) is 0.905. The number of esters is 2. The van der Waals surface area contributed by atoms with Gasteiger partial charge in [-0.15, -0.1) is 0 Å². The summed E-state index contributed by atoms with van der Waals surface area (Å²) in [5, 5.41) is 3.94. The number of halogens is 1. The van der Waals surface area contributed by atoms with Crippen molar-refractivity contribution in [3.8, 4) is 11.5 Å². The number of Topliss-reactive ketones (excluding diaryl/α,β-unsaturated/α-hetero) is 1. The standard InChI is InChI=1S/C27H26ClNO6/c1-14-24(27(32)34-4)25(17-7-10-22(35-15(2)30)23(13-17)33-3)26-20(29-14)11-18(12-21(26)31)16-5-8-19(28)9-6-16/h5-10,13,18,25,29H,11-12H2,1-4H3/t18-,25-/m0/s1. The van der Waals surface area contributed by atoms with Crippen LogP contribution in [0.15, 0.2) is 65.0 Å². The summed E-state index contributed by atoms with van der Waals surface area (Å²) in [6, 6.07) is 12.5. The van der Waals surface area contributed by atoms with Gasteiger partial charge in [-0.25, -0.2) is 4.79 Å². The summed E-state index contributed by atoms with van der Waals surface area (Å²) in [5.41, 5.74) is 3.97. The molecule has 2 aromatic carbocycles. The van der Waals surface area contributed by atoms with Gasteiger partial charge in [0.25, 0.3) is 0 Å². The van der Waals surface area contributed by atoms with Gasteiger partial charge in [0.05, 0.1) is 19.8 Å². The molecule has 0 fully saturated rings. The van der Waals surface area contributed by atoms with E-state index in [9.17, 15) is 14.4 Å². The SMILES string of the molecule is COC(=O)C1=C(C)NC2=C(C(=O)C[C@@H](c3ccc(Cl)cc3)C2)[C@H]1c1ccc(OC(C)=O)c(OC)c1. The zero-order chi connectivity index (χ0) is 25.3. The molecule has 0 saturated carbocycles. The summed E-state index contributed by atoms with van der Waals surface area (Å²) >= 11 is 6.04. The third-order valence-corrected chi connectivity index (χ3v) is 6.60. The first-order chi connectivity index (χ1) is 16.7. The largest absolute Gasteiger partial charge is 0.493 e. The Kier molecular flexibility index (Phi) is 6.98. The summed E-state index contributed by atoms with van der Waals surface area (Å²) < 4.78 is 15.7. The summed E-state index contributed by atoms with van der Waals surface area (Å²) in [5.74, 6) is -1.15. The van der Waals surface area contributed by atoms with Crippen LogP contribution in [-0.2, 0) is 19.1 Å². The van der Waals surface area contributed by atoms with Gasteiger partial charge in [0.15, 0.2) is 17.3 Å². The molecular formula is C27H26ClNO6. The number of hydrogen-bond donors (Lipinski definition) is 1. The van der Waals surface area contributed by atoms with Gasteiger partial charge in [0.1, 0.15) is 0 Å². The quantitative estimate of drug-likeness (QED) is 0.470. The van der Waals surface area contributed by atoms with Crippen molar-refractivity contribution < 1.29 is 28.6 Å². The number of dihydropyridines is 1. The van der Waals surface area contributed by atoms with Crippen LogP contribution < -0.4 is 14.8 Å². The minimum Gasteiger partial charge on any atom is -0.493 e. The van der Waals surface area contributed by atoms with Gasteiger partial charge in [-0.1, -0.05) is 29.8 Å². The van der Waals surface area contributed by atoms with Crippen LogP contribution in [0.3, 0.4) is 0 Å². The second-order valence-electron chi connectivity index (χ2n) is 8.56. The maximum atomic E-state index is 13.6. The second kappa shape index (κ2) is 9.96. The Morgan fingerprint density at radius 3 is 2.31 bits per heavy atom. The lowest BCUT2D eigenvalue weighted by Gasteiger charge is -2.36. The van der Waals surface area contributed by atoms with Gasteiger partial charge in [0, 0.05) is 41.3 Å². The Balaban J connectivity index is 1.81. The lowest BCUT2D eigenvalue weighted by molar-refractivity contribution is -0.136. The molecule has 8 heteroatoms. The molecule has 0 spiro atoms. The predicted octanol–water partition coefficient (Wildman–Crippen LogP) is 4.81. The third-order valence-electron chi connectivity index (χ3n) is 6.35. The summed E-state index contributed by atoms with van der Waals surface area (Å²) in [6.45, 7) is 3.10. The smallest absolute Gasteiger partial charge is 0.336 e. The third kappa shape index (κ3) is 4.82. The Bertz CT molecular complexity index is 1260. The van der Waals surface area contributed by atoms with E-state index >= 15 is 0 Å². The van der Waals surface area contributed by atoms with E-state index in [1.165, 1.54) is 21.1 Å². The summed E-state index contributed by atoms with van der Waals surface area (Å²) in [7, 11) is 2.78. The predicted molar refractivity (Wildman–Crippen MR) is 130 cm³/mol. The van der Waals surface area contributed by atoms with Crippen LogP contribution in [-0.4, -0.2) is 31.9 Å². The highest BCUT2D eigenvalue weighted by Gasteiger charge is 2.41. The van der Waals surface area contributed by atoms with E-state index in [2.05, 4.69) is 5.32 Å². The van der Waals surface area contributed by atoms with Crippen molar-refractivity contribution in [2.75, 3.05) is 14.2 Å². The molecular weight excluding hydrogens is 470 g/mol. The minimum absolute atomic E-state index is 0.0139. The van der Waals surface area contributed by atoms with Crippen molar-refractivity contribution in [2.45, 2.75) is 38.5 Å². The molecule has 1 aliphatic heterocycles. The molecule has 0 amide bonds. The van der Waals surface area contributed by atoms with Crippen LogP contribution in [0.25, 0.3) is 0 Å². The molecule has 2 atom stereocenters. The normalized spacial score (nSPS) is 19.6. The highest BCUT2D eigenvalue weighted by molar-refractivity contribution is 6.30.